The fourth-order valence-corrected chi connectivity index (χ4v) is 3.09. The lowest BCUT2D eigenvalue weighted by Gasteiger charge is -2.35. The van der Waals surface area contributed by atoms with Crippen LogP contribution in [0.15, 0.2) is 16.8 Å². The molecule has 5 heteroatoms. The van der Waals surface area contributed by atoms with Gasteiger partial charge >= 0.3 is 5.97 Å². The summed E-state index contributed by atoms with van der Waals surface area (Å²) in [5.74, 6) is -0.885. The number of hydrogen-bond acceptors (Lipinski definition) is 4. The number of rotatable bonds is 5. The summed E-state index contributed by atoms with van der Waals surface area (Å²) in [5.41, 5.74) is 1.37. The minimum atomic E-state index is -0.885. The Hall–Kier alpha value is -0.910. The van der Waals surface area contributed by atoms with E-state index in [1.165, 1.54) is 5.56 Å². The summed E-state index contributed by atoms with van der Waals surface area (Å²) < 4.78 is 5.34. The first kappa shape index (κ1) is 13.5. The van der Waals surface area contributed by atoms with Crippen molar-refractivity contribution in [2.24, 2.45) is 0 Å². The molecule has 1 N–H and O–H groups in total. The van der Waals surface area contributed by atoms with Crippen molar-refractivity contribution >= 4 is 17.3 Å². The second-order valence-electron chi connectivity index (χ2n) is 4.67. The van der Waals surface area contributed by atoms with Gasteiger partial charge in [0.15, 0.2) is 0 Å². The number of carboxylic acids is 1. The van der Waals surface area contributed by atoms with Gasteiger partial charge in [-0.25, -0.2) is 4.79 Å². The first-order valence-electron chi connectivity index (χ1n) is 6.26. The molecule has 4 nitrogen and oxygen atoms in total. The lowest BCUT2D eigenvalue weighted by Crippen LogP contribution is -2.38. The number of carboxylic acid groups (broad SMARTS) is 1. The van der Waals surface area contributed by atoms with Crippen molar-refractivity contribution in [2.75, 3.05) is 19.7 Å². The molecule has 1 fully saturated rings. The Kier molecular flexibility index (Phi) is 4.74. The highest BCUT2D eigenvalue weighted by molar-refractivity contribution is 7.07. The zero-order chi connectivity index (χ0) is 13.0. The Morgan fingerprint density at radius 2 is 2.33 bits per heavy atom. The van der Waals surface area contributed by atoms with Crippen LogP contribution in [0.3, 0.4) is 0 Å². The van der Waals surface area contributed by atoms with E-state index in [2.05, 4.69) is 28.7 Å². The fourth-order valence-electron chi connectivity index (χ4n) is 2.34. The van der Waals surface area contributed by atoms with Crippen LogP contribution in [0, 0.1) is 0 Å². The monoisotopic (exact) mass is 269 g/mol. The minimum absolute atomic E-state index is 0.104. The largest absolute Gasteiger partial charge is 0.480 e. The van der Waals surface area contributed by atoms with Gasteiger partial charge in [-0.3, -0.25) is 4.90 Å². The number of aliphatic carboxylic acids is 1. The predicted molar refractivity (Wildman–Crippen MR) is 70.9 cm³/mol. The second-order valence-corrected chi connectivity index (χ2v) is 5.45. The van der Waals surface area contributed by atoms with Gasteiger partial charge in [0.05, 0.1) is 6.10 Å². The van der Waals surface area contributed by atoms with Gasteiger partial charge in [0, 0.05) is 19.1 Å². The second kappa shape index (κ2) is 6.31. The quantitative estimate of drug-likeness (QED) is 0.891. The minimum Gasteiger partial charge on any atom is -0.480 e. The average molecular weight is 269 g/mol. The van der Waals surface area contributed by atoms with Crippen LogP contribution in [0.4, 0.5) is 0 Å². The molecule has 100 valence electrons. The van der Waals surface area contributed by atoms with Crippen molar-refractivity contribution in [1.29, 1.82) is 0 Å². The van der Waals surface area contributed by atoms with Gasteiger partial charge in [-0.1, -0.05) is 0 Å². The van der Waals surface area contributed by atoms with E-state index in [4.69, 9.17) is 9.84 Å². The van der Waals surface area contributed by atoms with Gasteiger partial charge < -0.3 is 9.84 Å². The van der Waals surface area contributed by atoms with E-state index >= 15 is 0 Å². The number of hydrogen-bond donors (Lipinski definition) is 1. The first-order valence-corrected chi connectivity index (χ1v) is 7.20. The van der Waals surface area contributed by atoms with Gasteiger partial charge in [-0.15, -0.1) is 0 Å². The highest BCUT2D eigenvalue weighted by Crippen LogP contribution is 2.26. The Morgan fingerprint density at radius 1 is 1.61 bits per heavy atom. The number of ether oxygens (including phenoxy) is 1. The molecule has 2 rings (SSSR count). The Balaban J connectivity index is 1.78. The standard InChI is InChI=1S/C13H19NO3S/c1-10(11-4-7-18-9-11)14-5-2-12(3-6-14)17-8-13(15)16/h4,7,9-10,12H,2-3,5-6,8H2,1H3,(H,15,16). The number of carbonyl (C=O) groups is 1. The van der Waals surface area contributed by atoms with E-state index < -0.39 is 5.97 Å². The number of piperidine rings is 1. The smallest absolute Gasteiger partial charge is 0.329 e. The maximum atomic E-state index is 10.4. The maximum Gasteiger partial charge on any atom is 0.329 e. The van der Waals surface area contributed by atoms with Crippen molar-refractivity contribution in [3.8, 4) is 0 Å². The van der Waals surface area contributed by atoms with Crippen molar-refractivity contribution in [3.05, 3.63) is 22.4 Å². The van der Waals surface area contributed by atoms with Gasteiger partial charge in [0.25, 0.3) is 0 Å². The molecule has 0 aliphatic carbocycles. The molecule has 2 heterocycles. The first-order chi connectivity index (χ1) is 8.66. The van der Waals surface area contributed by atoms with E-state index in [0.29, 0.717) is 6.04 Å². The summed E-state index contributed by atoms with van der Waals surface area (Å²) in [6.45, 7) is 3.99. The molecule has 18 heavy (non-hydrogen) atoms. The van der Waals surface area contributed by atoms with E-state index in [1.54, 1.807) is 11.3 Å². The van der Waals surface area contributed by atoms with Crippen LogP contribution < -0.4 is 0 Å². The van der Waals surface area contributed by atoms with Crippen LogP contribution in [0.1, 0.15) is 31.4 Å². The molecule has 0 aromatic carbocycles. The normalized spacial score (nSPS) is 19.8. The number of thiophene rings is 1. The third-order valence-corrected chi connectivity index (χ3v) is 4.19. The lowest BCUT2D eigenvalue weighted by atomic mass is 10.0. The van der Waals surface area contributed by atoms with Crippen LogP contribution in [0.2, 0.25) is 0 Å². The molecule has 1 saturated heterocycles. The summed E-state index contributed by atoms with van der Waals surface area (Å²) in [6, 6.07) is 2.61. The highest BCUT2D eigenvalue weighted by atomic mass is 32.1. The molecule has 1 atom stereocenters. The molecule has 1 aromatic rings. The topological polar surface area (TPSA) is 49.8 Å². The van der Waals surface area contributed by atoms with Crippen LogP contribution in [0.25, 0.3) is 0 Å². The highest BCUT2D eigenvalue weighted by Gasteiger charge is 2.24. The zero-order valence-corrected chi connectivity index (χ0v) is 11.4. The van der Waals surface area contributed by atoms with Gasteiger partial charge in [-0.2, -0.15) is 11.3 Å². The Labute approximate surface area is 111 Å². The molecule has 0 amide bonds. The van der Waals surface area contributed by atoms with Gasteiger partial charge in [0.1, 0.15) is 6.61 Å². The van der Waals surface area contributed by atoms with Crippen molar-refractivity contribution in [2.45, 2.75) is 31.9 Å². The van der Waals surface area contributed by atoms with E-state index in [9.17, 15) is 4.79 Å². The summed E-state index contributed by atoms with van der Waals surface area (Å²) >= 11 is 1.73. The third kappa shape index (κ3) is 3.54. The molecule has 0 radical (unpaired) electrons. The van der Waals surface area contributed by atoms with Crippen molar-refractivity contribution in [1.82, 2.24) is 4.90 Å². The SMILES string of the molecule is CC(c1ccsc1)N1CCC(OCC(=O)O)CC1. The van der Waals surface area contributed by atoms with Crippen molar-refractivity contribution in [3.63, 3.8) is 0 Å². The van der Waals surface area contributed by atoms with Crippen LogP contribution in [-0.4, -0.2) is 41.8 Å². The third-order valence-electron chi connectivity index (χ3n) is 3.49. The van der Waals surface area contributed by atoms with Gasteiger partial charge in [0.2, 0.25) is 0 Å². The number of likely N-dealkylation sites (tertiary alicyclic amines) is 1. The molecule has 0 bridgehead atoms. The van der Waals surface area contributed by atoms with E-state index in [-0.39, 0.29) is 12.7 Å². The summed E-state index contributed by atoms with van der Waals surface area (Å²) in [4.78, 5) is 12.9. The zero-order valence-electron chi connectivity index (χ0n) is 10.5. The van der Waals surface area contributed by atoms with Crippen LogP contribution in [-0.2, 0) is 9.53 Å². The van der Waals surface area contributed by atoms with E-state index in [0.717, 1.165) is 25.9 Å². The van der Waals surface area contributed by atoms with Gasteiger partial charge in [-0.05, 0) is 42.2 Å². The molecule has 0 saturated carbocycles. The van der Waals surface area contributed by atoms with E-state index in [1.807, 2.05) is 0 Å². The summed E-state index contributed by atoms with van der Waals surface area (Å²) in [6.07, 6.45) is 1.94. The average Bonchev–Trinajstić information content (AvgIpc) is 2.90. The molecule has 1 aliphatic heterocycles. The summed E-state index contributed by atoms with van der Waals surface area (Å²) in [5, 5.41) is 12.9. The fraction of sp³-hybridized carbons (Fsp3) is 0.615. The Bertz CT molecular complexity index is 372. The number of nitrogens with zero attached hydrogens (tertiary/aromatic N) is 1. The predicted octanol–water partition coefficient (Wildman–Crippen LogP) is 2.37. The molecule has 1 unspecified atom stereocenters. The molecule has 0 spiro atoms. The molecular weight excluding hydrogens is 250 g/mol. The molecular formula is C13H19NO3S. The summed E-state index contributed by atoms with van der Waals surface area (Å²) in [7, 11) is 0. The van der Waals surface area contributed by atoms with Crippen molar-refractivity contribution < 1.29 is 14.6 Å². The lowest BCUT2D eigenvalue weighted by molar-refractivity contribution is -0.145. The molecule has 1 aromatic heterocycles. The molecule has 1 aliphatic rings. The van der Waals surface area contributed by atoms with Crippen LogP contribution in [0.5, 0.6) is 0 Å². The Morgan fingerprint density at radius 3 is 2.89 bits per heavy atom. The van der Waals surface area contributed by atoms with Crippen LogP contribution >= 0.6 is 11.3 Å². The maximum absolute atomic E-state index is 10.4.